The fourth-order valence-electron chi connectivity index (χ4n) is 4.36. The fourth-order valence-corrected chi connectivity index (χ4v) is 4.36. The van der Waals surface area contributed by atoms with Crippen LogP contribution in [0.2, 0.25) is 0 Å². The van der Waals surface area contributed by atoms with Gasteiger partial charge in [-0.15, -0.1) is 0 Å². The Bertz CT molecular complexity index is 976. The first-order valence-electron chi connectivity index (χ1n) is 12.5. The lowest BCUT2D eigenvalue weighted by Gasteiger charge is -2.11. The molecule has 0 spiro atoms. The summed E-state index contributed by atoms with van der Waals surface area (Å²) in [6, 6.07) is 16.1. The van der Waals surface area contributed by atoms with Crippen LogP contribution in [0.1, 0.15) is 86.5 Å². The van der Waals surface area contributed by atoms with Crippen LogP contribution in [-0.4, -0.2) is 22.0 Å². The Kier molecular flexibility index (Phi) is 9.80. The van der Waals surface area contributed by atoms with Gasteiger partial charge in [-0.25, -0.2) is 4.98 Å². The molecule has 32 heavy (non-hydrogen) atoms. The molecule has 0 bridgehead atoms. The molecule has 4 heteroatoms. The Balaban J connectivity index is 1.50. The predicted octanol–water partition coefficient (Wildman–Crippen LogP) is 6.85. The Morgan fingerprint density at radius 3 is 2.28 bits per heavy atom. The molecule has 1 amide bonds. The van der Waals surface area contributed by atoms with Crippen LogP contribution in [0.5, 0.6) is 0 Å². The molecule has 1 aromatic heterocycles. The Hall–Kier alpha value is -2.62. The molecule has 4 nitrogen and oxygen atoms in total. The minimum Gasteiger partial charge on any atom is -0.352 e. The number of carbonyl (C=O) groups excluding carboxylic acids is 1. The minimum absolute atomic E-state index is 0.00954. The van der Waals surface area contributed by atoms with Crippen LogP contribution in [0.3, 0.4) is 0 Å². The number of amides is 1. The maximum atomic E-state index is 12.5. The molecule has 3 rings (SSSR count). The Morgan fingerprint density at radius 1 is 0.875 bits per heavy atom. The third-order valence-electron chi connectivity index (χ3n) is 6.24. The number of aryl methyl sites for hydroxylation is 2. The summed E-state index contributed by atoms with van der Waals surface area (Å²) in [7, 11) is 0. The average molecular weight is 434 g/mol. The lowest BCUT2D eigenvalue weighted by molar-refractivity contribution is 0.0953. The summed E-state index contributed by atoms with van der Waals surface area (Å²) in [6.45, 7) is 5.83. The van der Waals surface area contributed by atoms with Crippen LogP contribution in [0, 0.1) is 6.92 Å². The monoisotopic (exact) mass is 433 g/mol. The standard InChI is InChI=1S/C28H39N3O/c1-3-4-5-6-7-8-9-10-15-22-31-26-19-14-13-18-25(26)30-27(31)20-21-29-28(32)24-17-12-11-16-23(24)2/h11-14,16-19H,3-10,15,20-22H2,1-2H3,(H,29,32). The van der Waals surface area contributed by atoms with E-state index in [1.807, 2.05) is 37.3 Å². The molecule has 0 atom stereocenters. The van der Waals surface area contributed by atoms with Crippen molar-refractivity contribution in [2.24, 2.45) is 0 Å². The van der Waals surface area contributed by atoms with Crippen LogP contribution in [-0.2, 0) is 13.0 Å². The zero-order valence-electron chi connectivity index (χ0n) is 19.9. The van der Waals surface area contributed by atoms with Gasteiger partial charge in [0.2, 0.25) is 0 Å². The molecule has 2 aromatic carbocycles. The number of rotatable bonds is 14. The SMILES string of the molecule is CCCCCCCCCCCn1c(CCNC(=O)c2ccccc2C)nc2ccccc21. The van der Waals surface area contributed by atoms with Crippen molar-refractivity contribution in [3.8, 4) is 0 Å². The van der Waals surface area contributed by atoms with E-state index in [1.165, 1.54) is 63.3 Å². The van der Waals surface area contributed by atoms with Crippen LogP contribution >= 0.6 is 0 Å². The van der Waals surface area contributed by atoms with Gasteiger partial charge in [0, 0.05) is 25.1 Å². The lowest BCUT2D eigenvalue weighted by Crippen LogP contribution is -2.27. The number of fused-ring (bicyclic) bond motifs is 1. The maximum Gasteiger partial charge on any atom is 0.251 e. The summed E-state index contributed by atoms with van der Waals surface area (Å²) in [6.07, 6.45) is 12.7. The second kappa shape index (κ2) is 13.0. The van der Waals surface area contributed by atoms with Gasteiger partial charge in [-0.2, -0.15) is 0 Å². The molecule has 1 N–H and O–H groups in total. The molecule has 0 unspecified atom stereocenters. The maximum absolute atomic E-state index is 12.5. The number of aromatic nitrogens is 2. The number of imidazole rings is 1. The summed E-state index contributed by atoms with van der Waals surface area (Å²) < 4.78 is 2.36. The van der Waals surface area contributed by atoms with Crippen LogP contribution in [0.15, 0.2) is 48.5 Å². The summed E-state index contributed by atoms with van der Waals surface area (Å²) in [5.74, 6) is 1.06. The highest BCUT2D eigenvalue weighted by atomic mass is 16.1. The molecule has 0 saturated heterocycles. The van der Waals surface area contributed by atoms with E-state index >= 15 is 0 Å². The zero-order chi connectivity index (χ0) is 22.6. The van der Waals surface area contributed by atoms with Gasteiger partial charge in [-0.05, 0) is 37.1 Å². The molecular weight excluding hydrogens is 394 g/mol. The number of benzene rings is 2. The van der Waals surface area contributed by atoms with E-state index in [0.717, 1.165) is 35.4 Å². The van der Waals surface area contributed by atoms with E-state index in [1.54, 1.807) is 0 Å². The smallest absolute Gasteiger partial charge is 0.251 e. The van der Waals surface area contributed by atoms with Crippen molar-refractivity contribution in [1.29, 1.82) is 0 Å². The van der Waals surface area contributed by atoms with Gasteiger partial charge < -0.3 is 9.88 Å². The number of nitrogens with one attached hydrogen (secondary N) is 1. The number of carbonyl (C=O) groups is 1. The van der Waals surface area contributed by atoms with Gasteiger partial charge >= 0.3 is 0 Å². The van der Waals surface area contributed by atoms with Crippen molar-refractivity contribution >= 4 is 16.9 Å². The van der Waals surface area contributed by atoms with E-state index in [-0.39, 0.29) is 5.91 Å². The van der Waals surface area contributed by atoms with Crippen molar-refractivity contribution in [2.75, 3.05) is 6.54 Å². The van der Waals surface area contributed by atoms with Gasteiger partial charge in [0.1, 0.15) is 5.82 Å². The number of hydrogen-bond donors (Lipinski definition) is 1. The Labute approximate surface area is 193 Å². The van der Waals surface area contributed by atoms with Gasteiger partial charge in [0.05, 0.1) is 11.0 Å². The number of nitrogens with zero attached hydrogens (tertiary/aromatic N) is 2. The summed E-state index contributed by atoms with van der Waals surface area (Å²) in [5, 5.41) is 3.07. The molecule has 172 valence electrons. The van der Waals surface area contributed by atoms with E-state index in [9.17, 15) is 4.79 Å². The highest BCUT2D eigenvalue weighted by Crippen LogP contribution is 2.18. The predicted molar refractivity (Wildman–Crippen MR) is 134 cm³/mol. The molecule has 0 aliphatic heterocycles. The second-order valence-corrected chi connectivity index (χ2v) is 8.82. The number of hydrogen-bond acceptors (Lipinski definition) is 2. The van der Waals surface area contributed by atoms with Crippen LogP contribution < -0.4 is 5.32 Å². The molecule has 0 aliphatic rings. The van der Waals surface area contributed by atoms with Crippen molar-refractivity contribution in [2.45, 2.75) is 84.6 Å². The van der Waals surface area contributed by atoms with Crippen LogP contribution in [0.25, 0.3) is 11.0 Å². The van der Waals surface area contributed by atoms with Crippen molar-refractivity contribution < 1.29 is 4.79 Å². The number of unbranched alkanes of at least 4 members (excludes halogenated alkanes) is 8. The van der Waals surface area contributed by atoms with Gasteiger partial charge in [-0.1, -0.05) is 88.6 Å². The highest BCUT2D eigenvalue weighted by molar-refractivity contribution is 5.95. The van der Waals surface area contributed by atoms with E-state index in [0.29, 0.717) is 6.54 Å². The highest BCUT2D eigenvalue weighted by Gasteiger charge is 2.12. The van der Waals surface area contributed by atoms with E-state index < -0.39 is 0 Å². The topological polar surface area (TPSA) is 46.9 Å². The summed E-state index contributed by atoms with van der Waals surface area (Å²) in [4.78, 5) is 17.4. The molecule has 0 aliphatic carbocycles. The summed E-state index contributed by atoms with van der Waals surface area (Å²) >= 11 is 0. The van der Waals surface area contributed by atoms with Crippen LogP contribution in [0.4, 0.5) is 0 Å². The van der Waals surface area contributed by atoms with E-state index in [2.05, 4.69) is 35.0 Å². The van der Waals surface area contributed by atoms with Gasteiger partial charge in [0.15, 0.2) is 0 Å². The molecule has 3 aromatic rings. The number of para-hydroxylation sites is 2. The normalized spacial score (nSPS) is 11.2. The first-order chi connectivity index (χ1) is 15.7. The second-order valence-electron chi connectivity index (χ2n) is 8.82. The quantitative estimate of drug-likeness (QED) is 0.283. The third kappa shape index (κ3) is 6.94. The molecule has 0 saturated carbocycles. The van der Waals surface area contributed by atoms with Crippen molar-refractivity contribution in [3.63, 3.8) is 0 Å². The first-order valence-corrected chi connectivity index (χ1v) is 12.5. The summed E-state index contributed by atoms with van der Waals surface area (Å²) in [5.41, 5.74) is 3.99. The molecule has 1 heterocycles. The average Bonchev–Trinajstić information content (AvgIpc) is 3.15. The largest absolute Gasteiger partial charge is 0.352 e. The Morgan fingerprint density at radius 2 is 1.53 bits per heavy atom. The molecule has 0 fully saturated rings. The van der Waals surface area contributed by atoms with Crippen molar-refractivity contribution in [3.05, 3.63) is 65.5 Å². The lowest BCUT2D eigenvalue weighted by atomic mass is 10.1. The third-order valence-corrected chi connectivity index (χ3v) is 6.24. The zero-order valence-corrected chi connectivity index (χ0v) is 19.9. The first kappa shape index (κ1) is 24.0. The molecular formula is C28H39N3O. The molecule has 0 radical (unpaired) electrons. The van der Waals surface area contributed by atoms with Gasteiger partial charge in [0.25, 0.3) is 5.91 Å². The fraction of sp³-hybridized carbons (Fsp3) is 0.500. The van der Waals surface area contributed by atoms with Gasteiger partial charge in [-0.3, -0.25) is 4.79 Å². The minimum atomic E-state index is -0.00954. The van der Waals surface area contributed by atoms with E-state index in [4.69, 9.17) is 4.98 Å². The van der Waals surface area contributed by atoms with Crippen molar-refractivity contribution in [1.82, 2.24) is 14.9 Å².